The van der Waals surface area contributed by atoms with Crippen molar-refractivity contribution in [2.24, 2.45) is 5.73 Å². The summed E-state index contributed by atoms with van der Waals surface area (Å²) in [5.74, 6) is 0.728. The van der Waals surface area contributed by atoms with Crippen LogP contribution in [0.1, 0.15) is 24.6 Å². The maximum atomic E-state index is 6.41. The Morgan fingerprint density at radius 3 is 2.75 bits per heavy atom. The standard InChI is InChI=1S/C15H18ClNO3/c1-18-15(4-6-19-7-5-15)14(17)13-9-10-8-11(16)2-3-12(10)20-13/h2-3,8-9,14H,4-7,17H2,1H3. The lowest BCUT2D eigenvalue weighted by Crippen LogP contribution is -2.47. The van der Waals surface area contributed by atoms with Crippen LogP contribution in [0.4, 0.5) is 0 Å². The van der Waals surface area contributed by atoms with E-state index in [1.54, 1.807) is 7.11 Å². The summed E-state index contributed by atoms with van der Waals surface area (Å²) in [6.07, 6.45) is 1.53. The van der Waals surface area contributed by atoms with Gasteiger partial charge in [-0.15, -0.1) is 0 Å². The van der Waals surface area contributed by atoms with E-state index in [1.807, 2.05) is 24.3 Å². The molecule has 2 aromatic rings. The molecule has 1 aliphatic rings. The van der Waals surface area contributed by atoms with Crippen LogP contribution in [0.5, 0.6) is 0 Å². The van der Waals surface area contributed by atoms with Crippen LogP contribution in [-0.2, 0) is 9.47 Å². The minimum atomic E-state index is -0.421. The van der Waals surface area contributed by atoms with E-state index in [9.17, 15) is 0 Å². The Morgan fingerprint density at radius 1 is 1.30 bits per heavy atom. The van der Waals surface area contributed by atoms with Crippen LogP contribution in [0.25, 0.3) is 11.0 Å². The van der Waals surface area contributed by atoms with Gasteiger partial charge in [0.05, 0.1) is 11.6 Å². The Balaban J connectivity index is 1.96. The Kier molecular flexibility index (Phi) is 3.73. The molecule has 3 rings (SSSR count). The summed E-state index contributed by atoms with van der Waals surface area (Å²) < 4.78 is 17.0. The number of ether oxygens (including phenoxy) is 2. The van der Waals surface area contributed by atoms with Gasteiger partial charge in [0.15, 0.2) is 0 Å². The molecule has 0 spiro atoms. The van der Waals surface area contributed by atoms with E-state index in [-0.39, 0.29) is 6.04 Å². The lowest BCUT2D eigenvalue weighted by atomic mass is 9.85. The largest absolute Gasteiger partial charge is 0.459 e. The quantitative estimate of drug-likeness (QED) is 0.944. The molecule has 2 N–H and O–H groups in total. The van der Waals surface area contributed by atoms with E-state index < -0.39 is 5.60 Å². The smallest absolute Gasteiger partial charge is 0.134 e. The van der Waals surface area contributed by atoms with Gasteiger partial charge in [-0.25, -0.2) is 0 Å². The molecule has 0 aliphatic carbocycles. The molecule has 2 heterocycles. The van der Waals surface area contributed by atoms with Crippen LogP contribution in [0.15, 0.2) is 28.7 Å². The Bertz CT molecular complexity index is 604. The first-order chi connectivity index (χ1) is 9.64. The molecule has 1 aliphatic heterocycles. The number of benzene rings is 1. The number of methoxy groups -OCH3 is 1. The molecule has 0 bridgehead atoms. The van der Waals surface area contributed by atoms with Crippen molar-refractivity contribution in [3.05, 3.63) is 35.0 Å². The van der Waals surface area contributed by atoms with Gasteiger partial charge in [0.25, 0.3) is 0 Å². The molecule has 1 aromatic carbocycles. The van der Waals surface area contributed by atoms with Crippen LogP contribution in [0, 0.1) is 0 Å². The first kappa shape index (κ1) is 13.9. The minimum absolute atomic E-state index is 0.317. The van der Waals surface area contributed by atoms with E-state index in [2.05, 4.69) is 0 Å². The van der Waals surface area contributed by atoms with Crippen LogP contribution < -0.4 is 5.73 Å². The molecule has 0 radical (unpaired) electrons. The van der Waals surface area contributed by atoms with Gasteiger partial charge in [0.2, 0.25) is 0 Å². The molecule has 20 heavy (non-hydrogen) atoms. The van der Waals surface area contributed by atoms with Crippen molar-refractivity contribution in [3.63, 3.8) is 0 Å². The summed E-state index contributed by atoms with van der Waals surface area (Å²) >= 11 is 6.00. The fraction of sp³-hybridized carbons (Fsp3) is 0.467. The van der Waals surface area contributed by atoms with Gasteiger partial charge in [-0.1, -0.05) is 11.6 Å². The minimum Gasteiger partial charge on any atom is -0.459 e. The van der Waals surface area contributed by atoms with Gasteiger partial charge in [-0.3, -0.25) is 0 Å². The lowest BCUT2D eigenvalue weighted by Gasteiger charge is -2.39. The molecule has 1 fully saturated rings. The zero-order valence-electron chi connectivity index (χ0n) is 11.4. The van der Waals surface area contributed by atoms with Gasteiger partial charge in [0, 0.05) is 43.6 Å². The van der Waals surface area contributed by atoms with Crippen molar-refractivity contribution in [2.45, 2.75) is 24.5 Å². The van der Waals surface area contributed by atoms with Crippen molar-refractivity contribution in [2.75, 3.05) is 20.3 Å². The molecular weight excluding hydrogens is 278 g/mol. The summed E-state index contributed by atoms with van der Waals surface area (Å²) in [5, 5.41) is 1.65. The van der Waals surface area contributed by atoms with Gasteiger partial charge >= 0.3 is 0 Å². The highest BCUT2D eigenvalue weighted by molar-refractivity contribution is 6.31. The third-order valence-electron chi connectivity index (χ3n) is 4.12. The van der Waals surface area contributed by atoms with Crippen LogP contribution >= 0.6 is 11.6 Å². The Morgan fingerprint density at radius 2 is 2.05 bits per heavy atom. The van der Waals surface area contributed by atoms with Crippen LogP contribution in [-0.4, -0.2) is 25.9 Å². The van der Waals surface area contributed by atoms with Crippen molar-refractivity contribution in [3.8, 4) is 0 Å². The highest BCUT2D eigenvalue weighted by atomic mass is 35.5. The van der Waals surface area contributed by atoms with Crippen molar-refractivity contribution >= 4 is 22.6 Å². The summed E-state index contributed by atoms with van der Waals surface area (Å²) in [7, 11) is 1.70. The lowest BCUT2D eigenvalue weighted by molar-refractivity contribution is -0.107. The number of nitrogens with two attached hydrogens (primary N) is 1. The van der Waals surface area contributed by atoms with Gasteiger partial charge in [-0.2, -0.15) is 0 Å². The summed E-state index contributed by atoms with van der Waals surface area (Å²) in [4.78, 5) is 0. The molecular formula is C15H18ClNO3. The second kappa shape index (κ2) is 5.37. The fourth-order valence-electron chi connectivity index (χ4n) is 2.81. The third-order valence-corrected chi connectivity index (χ3v) is 4.35. The summed E-state index contributed by atoms with van der Waals surface area (Å²) in [6.45, 7) is 1.32. The maximum Gasteiger partial charge on any atom is 0.134 e. The van der Waals surface area contributed by atoms with Crippen LogP contribution in [0.3, 0.4) is 0 Å². The second-order valence-corrected chi connectivity index (χ2v) is 5.63. The zero-order valence-corrected chi connectivity index (χ0v) is 12.2. The topological polar surface area (TPSA) is 57.6 Å². The van der Waals surface area contributed by atoms with Crippen molar-refractivity contribution in [1.29, 1.82) is 0 Å². The number of furan rings is 1. The fourth-order valence-corrected chi connectivity index (χ4v) is 2.99. The van der Waals surface area contributed by atoms with E-state index in [0.717, 1.165) is 29.6 Å². The number of halogens is 1. The van der Waals surface area contributed by atoms with E-state index in [1.165, 1.54) is 0 Å². The number of hydrogen-bond acceptors (Lipinski definition) is 4. The normalized spacial score (nSPS) is 20.1. The average Bonchev–Trinajstić information content (AvgIpc) is 2.90. The highest BCUT2D eigenvalue weighted by Gasteiger charge is 2.41. The van der Waals surface area contributed by atoms with Crippen molar-refractivity contribution < 1.29 is 13.9 Å². The first-order valence-electron chi connectivity index (χ1n) is 6.72. The Hall–Kier alpha value is -1.07. The number of hydrogen-bond donors (Lipinski definition) is 1. The predicted octanol–water partition coefficient (Wildman–Crippen LogP) is 3.28. The molecule has 1 aromatic heterocycles. The highest BCUT2D eigenvalue weighted by Crippen LogP contribution is 2.37. The molecule has 1 unspecified atom stereocenters. The van der Waals surface area contributed by atoms with E-state index in [0.29, 0.717) is 18.2 Å². The second-order valence-electron chi connectivity index (χ2n) is 5.19. The Labute approximate surface area is 122 Å². The molecule has 4 nitrogen and oxygen atoms in total. The molecule has 0 amide bonds. The van der Waals surface area contributed by atoms with Gasteiger partial charge in [-0.05, 0) is 24.3 Å². The summed E-state index contributed by atoms with van der Waals surface area (Å²) in [6, 6.07) is 7.17. The molecule has 108 valence electrons. The zero-order chi connectivity index (χ0) is 14.2. The maximum absolute atomic E-state index is 6.41. The molecule has 1 atom stereocenters. The van der Waals surface area contributed by atoms with Crippen molar-refractivity contribution in [1.82, 2.24) is 0 Å². The van der Waals surface area contributed by atoms with Crippen LogP contribution in [0.2, 0.25) is 5.02 Å². The molecule has 0 saturated carbocycles. The van der Waals surface area contributed by atoms with Gasteiger partial charge in [0.1, 0.15) is 11.3 Å². The monoisotopic (exact) mass is 295 g/mol. The third kappa shape index (κ3) is 2.33. The molecule has 5 heteroatoms. The first-order valence-corrected chi connectivity index (χ1v) is 7.10. The summed E-state index contributed by atoms with van der Waals surface area (Å²) in [5.41, 5.74) is 6.78. The number of fused-ring (bicyclic) bond motifs is 1. The molecule has 1 saturated heterocycles. The SMILES string of the molecule is COC1(C(N)c2cc3cc(Cl)ccc3o2)CCOCC1. The van der Waals surface area contributed by atoms with Gasteiger partial charge < -0.3 is 19.6 Å². The number of rotatable bonds is 3. The van der Waals surface area contributed by atoms with E-state index in [4.69, 9.17) is 31.2 Å². The van der Waals surface area contributed by atoms with E-state index >= 15 is 0 Å². The average molecular weight is 296 g/mol. The predicted molar refractivity (Wildman–Crippen MR) is 77.9 cm³/mol.